The first-order valence-corrected chi connectivity index (χ1v) is 4.00. The van der Waals surface area contributed by atoms with Crippen LogP contribution in [0.3, 0.4) is 0 Å². The fraction of sp³-hybridized carbons (Fsp3) is 0.100. The second kappa shape index (κ2) is 2.53. The van der Waals surface area contributed by atoms with Gasteiger partial charge >= 0.3 is 0 Å². The Kier molecular flexibility index (Phi) is 1.49. The van der Waals surface area contributed by atoms with Crippen LogP contribution in [-0.4, -0.2) is 4.40 Å². The highest BCUT2D eigenvalue weighted by Gasteiger charge is 2.07. The van der Waals surface area contributed by atoms with Gasteiger partial charge in [0.25, 0.3) is 0 Å². The van der Waals surface area contributed by atoms with E-state index in [2.05, 4.69) is 6.07 Å². The number of nitrogens with zero attached hydrogens (tertiary/aromatic N) is 2. The lowest BCUT2D eigenvalue weighted by atomic mass is 10.2. The lowest BCUT2D eigenvalue weighted by Gasteiger charge is -1.97. The molecule has 0 fully saturated rings. The van der Waals surface area contributed by atoms with Crippen molar-refractivity contribution < 1.29 is 0 Å². The summed E-state index contributed by atoms with van der Waals surface area (Å²) >= 11 is 0. The molecular formula is C10H9N3. The van der Waals surface area contributed by atoms with Gasteiger partial charge < -0.3 is 10.1 Å². The van der Waals surface area contributed by atoms with Crippen molar-refractivity contribution in [3.63, 3.8) is 0 Å². The molecule has 0 aromatic carbocycles. The van der Waals surface area contributed by atoms with Crippen LogP contribution >= 0.6 is 0 Å². The van der Waals surface area contributed by atoms with Gasteiger partial charge in [0, 0.05) is 11.9 Å². The molecule has 0 atom stereocenters. The van der Waals surface area contributed by atoms with E-state index in [1.165, 1.54) is 0 Å². The number of aromatic nitrogens is 1. The normalized spacial score (nSPS) is 10.2. The first kappa shape index (κ1) is 7.69. The minimum Gasteiger partial charge on any atom is -0.396 e. The predicted octanol–water partition coefficient (Wildman–Crippen LogP) is 1.70. The Morgan fingerprint density at radius 1 is 1.46 bits per heavy atom. The molecule has 2 aromatic heterocycles. The number of anilines is 1. The summed E-state index contributed by atoms with van der Waals surface area (Å²) in [6, 6.07) is 7.89. The number of aryl methyl sites for hydroxylation is 1. The molecule has 0 radical (unpaired) electrons. The zero-order valence-electron chi connectivity index (χ0n) is 7.28. The highest BCUT2D eigenvalue weighted by molar-refractivity contribution is 5.73. The average molecular weight is 171 g/mol. The van der Waals surface area contributed by atoms with Crippen LogP contribution in [0.25, 0.3) is 5.52 Å². The van der Waals surface area contributed by atoms with E-state index in [9.17, 15) is 0 Å². The Bertz CT molecular complexity index is 503. The van der Waals surface area contributed by atoms with Crippen molar-refractivity contribution in [2.45, 2.75) is 6.92 Å². The lowest BCUT2D eigenvalue weighted by Crippen LogP contribution is -1.87. The van der Waals surface area contributed by atoms with Crippen LogP contribution < -0.4 is 5.73 Å². The van der Waals surface area contributed by atoms with Gasteiger partial charge in [0.2, 0.25) is 0 Å². The van der Waals surface area contributed by atoms with Gasteiger partial charge in [0.05, 0.1) is 11.2 Å². The van der Waals surface area contributed by atoms with Crippen LogP contribution in [0.15, 0.2) is 24.4 Å². The van der Waals surface area contributed by atoms with Gasteiger partial charge in [-0.05, 0) is 19.1 Å². The molecular weight excluding hydrogens is 162 g/mol. The Labute approximate surface area is 76.0 Å². The first-order valence-electron chi connectivity index (χ1n) is 4.00. The molecule has 0 unspecified atom stereocenters. The maximum Gasteiger partial charge on any atom is 0.104 e. The predicted molar refractivity (Wildman–Crippen MR) is 51.3 cm³/mol. The topological polar surface area (TPSA) is 54.2 Å². The largest absolute Gasteiger partial charge is 0.396 e. The second-order valence-corrected chi connectivity index (χ2v) is 2.99. The minimum absolute atomic E-state index is 0.539. The van der Waals surface area contributed by atoms with E-state index in [4.69, 9.17) is 11.0 Å². The number of fused-ring (bicyclic) bond motifs is 1. The van der Waals surface area contributed by atoms with E-state index in [1.54, 1.807) is 6.20 Å². The van der Waals surface area contributed by atoms with Gasteiger partial charge in [0.1, 0.15) is 11.6 Å². The molecule has 0 aliphatic rings. The van der Waals surface area contributed by atoms with E-state index in [1.807, 2.05) is 29.5 Å². The van der Waals surface area contributed by atoms with E-state index in [-0.39, 0.29) is 0 Å². The molecule has 0 saturated heterocycles. The fourth-order valence-electron chi connectivity index (χ4n) is 1.48. The zero-order valence-corrected chi connectivity index (χ0v) is 7.28. The Balaban J connectivity index is 2.96. The average Bonchev–Trinajstić information content (AvgIpc) is 2.43. The molecule has 13 heavy (non-hydrogen) atoms. The van der Waals surface area contributed by atoms with Crippen molar-refractivity contribution >= 4 is 11.2 Å². The molecule has 2 rings (SSSR count). The number of nitrogen functional groups attached to an aromatic ring is 1. The number of hydrogen-bond acceptors (Lipinski definition) is 2. The third-order valence-corrected chi connectivity index (χ3v) is 2.16. The second-order valence-electron chi connectivity index (χ2n) is 2.99. The van der Waals surface area contributed by atoms with Gasteiger partial charge in [-0.15, -0.1) is 0 Å². The number of nitriles is 1. The zero-order chi connectivity index (χ0) is 9.42. The van der Waals surface area contributed by atoms with Crippen LogP contribution in [0.5, 0.6) is 0 Å². The van der Waals surface area contributed by atoms with Crippen molar-refractivity contribution in [1.29, 1.82) is 5.26 Å². The monoisotopic (exact) mass is 171 g/mol. The molecule has 2 N–H and O–H groups in total. The molecule has 0 aliphatic heterocycles. The summed E-state index contributed by atoms with van der Waals surface area (Å²) in [4.78, 5) is 0. The molecule has 0 aliphatic carbocycles. The summed E-state index contributed by atoms with van der Waals surface area (Å²) in [6.45, 7) is 1.98. The number of nitrogens with two attached hydrogens (primary N) is 1. The van der Waals surface area contributed by atoms with Gasteiger partial charge in [-0.2, -0.15) is 5.26 Å². The first-order chi connectivity index (χ1) is 6.24. The maximum atomic E-state index is 8.85. The quantitative estimate of drug-likeness (QED) is 0.655. The van der Waals surface area contributed by atoms with Crippen LogP contribution in [0.2, 0.25) is 0 Å². The summed E-state index contributed by atoms with van der Waals surface area (Å²) in [5, 5.41) is 8.85. The van der Waals surface area contributed by atoms with Crippen molar-refractivity contribution in [2.75, 3.05) is 5.73 Å². The molecule has 2 aromatic rings. The van der Waals surface area contributed by atoms with Crippen LogP contribution in [-0.2, 0) is 0 Å². The van der Waals surface area contributed by atoms with Gasteiger partial charge in [-0.1, -0.05) is 6.07 Å². The van der Waals surface area contributed by atoms with Crippen molar-refractivity contribution in [3.05, 3.63) is 35.7 Å². The molecule has 0 amide bonds. The van der Waals surface area contributed by atoms with Gasteiger partial charge in [-0.3, -0.25) is 0 Å². The smallest absolute Gasteiger partial charge is 0.104 e. The number of rotatable bonds is 0. The van der Waals surface area contributed by atoms with Crippen molar-refractivity contribution in [1.82, 2.24) is 4.40 Å². The van der Waals surface area contributed by atoms with Crippen LogP contribution in [0.1, 0.15) is 11.3 Å². The Morgan fingerprint density at radius 3 is 2.92 bits per heavy atom. The third-order valence-electron chi connectivity index (χ3n) is 2.16. The Hall–Kier alpha value is -1.95. The van der Waals surface area contributed by atoms with E-state index < -0.39 is 0 Å². The highest BCUT2D eigenvalue weighted by Crippen LogP contribution is 2.20. The summed E-state index contributed by atoms with van der Waals surface area (Å²) in [6.07, 6.45) is 1.78. The summed E-state index contributed by atoms with van der Waals surface area (Å²) < 4.78 is 1.92. The minimum atomic E-state index is 0.539. The standard InChI is InChI=1S/C10H9N3/c1-7-3-2-4-10-8(5-11)9(12)6-13(7)10/h2-4,6H,12H2,1H3. The number of pyridine rings is 1. The summed E-state index contributed by atoms with van der Waals surface area (Å²) in [5.41, 5.74) is 8.74. The Morgan fingerprint density at radius 2 is 2.23 bits per heavy atom. The molecule has 3 heteroatoms. The van der Waals surface area contributed by atoms with Gasteiger partial charge in [0.15, 0.2) is 0 Å². The van der Waals surface area contributed by atoms with E-state index >= 15 is 0 Å². The summed E-state index contributed by atoms with van der Waals surface area (Å²) in [7, 11) is 0. The molecule has 0 bridgehead atoms. The van der Waals surface area contributed by atoms with Gasteiger partial charge in [-0.25, -0.2) is 0 Å². The van der Waals surface area contributed by atoms with E-state index in [0.717, 1.165) is 11.2 Å². The molecule has 2 heterocycles. The van der Waals surface area contributed by atoms with Crippen LogP contribution in [0.4, 0.5) is 5.69 Å². The number of hydrogen-bond donors (Lipinski definition) is 1. The molecule has 3 nitrogen and oxygen atoms in total. The third kappa shape index (κ3) is 0.960. The SMILES string of the molecule is Cc1cccc2c(C#N)c(N)cn12. The molecule has 0 saturated carbocycles. The highest BCUT2D eigenvalue weighted by atomic mass is 14.9. The summed E-state index contributed by atoms with van der Waals surface area (Å²) in [5.74, 6) is 0. The molecule has 64 valence electrons. The fourth-order valence-corrected chi connectivity index (χ4v) is 1.48. The maximum absolute atomic E-state index is 8.85. The lowest BCUT2D eigenvalue weighted by molar-refractivity contribution is 1.10. The van der Waals surface area contributed by atoms with Crippen molar-refractivity contribution in [2.24, 2.45) is 0 Å². The molecule has 0 spiro atoms. The van der Waals surface area contributed by atoms with Crippen LogP contribution in [0, 0.1) is 18.3 Å². The van der Waals surface area contributed by atoms with Crippen molar-refractivity contribution in [3.8, 4) is 6.07 Å². The van der Waals surface area contributed by atoms with E-state index in [0.29, 0.717) is 11.3 Å².